The second-order valence-electron chi connectivity index (χ2n) is 8.15. The Balaban J connectivity index is 2.17. The van der Waals surface area contributed by atoms with Gasteiger partial charge in [-0.3, -0.25) is 0 Å². The summed E-state index contributed by atoms with van der Waals surface area (Å²) in [6, 6.07) is 13.1. The SMILES string of the molecule is Cc1c(-c2ccc(F)cc2)c(OC(=O)N(C)CCS(C)(=O)=O)n(Cc2ccccc2)c1C(F)(F)F. The van der Waals surface area contributed by atoms with Crippen LogP contribution in [0.5, 0.6) is 5.88 Å². The van der Waals surface area contributed by atoms with E-state index in [0.29, 0.717) is 5.56 Å². The molecule has 0 fully saturated rings. The van der Waals surface area contributed by atoms with Crippen LogP contribution in [-0.4, -0.2) is 49.6 Å². The Kier molecular flexibility index (Phi) is 7.59. The minimum atomic E-state index is -4.79. The van der Waals surface area contributed by atoms with Crippen molar-refractivity contribution in [3.8, 4) is 17.0 Å². The molecular formula is C24H24F4N2O4S. The zero-order valence-electron chi connectivity index (χ0n) is 19.3. The van der Waals surface area contributed by atoms with Gasteiger partial charge in [-0.25, -0.2) is 17.6 Å². The Hall–Kier alpha value is -3.34. The summed E-state index contributed by atoms with van der Waals surface area (Å²) >= 11 is 0. The maximum atomic E-state index is 14.2. The van der Waals surface area contributed by atoms with Crippen LogP contribution in [0.2, 0.25) is 0 Å². The number of sulfone groups is 1. The molecule has 2 aromatic carbocycles. The van der Waals surface area contributed by atoms with Crippen LogP contribution < -0.4 is 4.74 Å². The Bertz CT molecular complexity index is 1300. The topological polar surface area (TPSA) is 68.6 Å². The number of hydrogen-bond acceptors (Lipinski definition) is 4. The van der Waals surface area contributed by atoms with E-state index in [1.165, 1.54) is 26.1 Å². The van der Waals surface area contributed by atoms with Crippen molar-refractivity contribution >= 4 is 15.9 Å². The van der Waals surface area contributed by atoms with Crippen LogP contribution >= 0.6 is 0 Å². The fourth-order valence-corrected chi connectivity index (χ4v) is 4.22. The summed E-state index contributed by atoms with van der Waals surface area (Å²) in [5.74, 6) is -1.30. The monoisotopic (exact) mass is 512 g/mol. The van der Waals surface area contributed by atoms with Crippen LogP contribution in [0.25, 0.3) is 11.1 Å². The zero-order valence-corrected chi connectivity index (χ0v) is 20.1. The standard InChI is InChI=1S/C24H24F4N2O4S/c1-16-20(18-9-11-19(25)12-10-18)22(34-23(31)29(2)13-14-35(3,32)33)30(21(16)24(26,27)28)15-17-7-5-4-6-8-17/h4-12H,13-15H2,1-3H3. The number of aromatic nitrogens is 1. The van der Waals surface area contributed by atoms with Gasteiger partial charge in [-0.2, -0.15) is 13.2 Å². The molecule has 0 bridgehead atoms. The predicted octanol–water partition coefficient (Wildman–Crippen LogP) is 5.14. The molecule has 0 aliphatic rings. The first-order chi connectivity index (χ1) is 16.3. The van der Waals surface area contributed by atoms with Gasteiger partial charge >= 0.3 is 12.3 Å². The minimum Gasteiger partial charge on any atom is -0.392 e. The van der Waals surface area contributed by atoms with Gasteiger partial charge in [0.15, 0.2) is 0 Å². The molecule has 188 valence electrons. The lowest BCUT2D eigenvalue weighted by Crippen LogP contribution is -2.34. The Morgan fingerprint density at radius 2 is 1.66 bits per heavy atom. The Morgan fingerprint density at radius 3 is 2.20 bits per heavy atom. The quantitative estimate of drug-likeness (QED) is 0.411. The van der Waals surface area contributed by atoms with Crippen molar-refractivity contribution in [2.24, 2.45) is 0 Å². The number of halogens is 4. The summed E-state index contributed by atoms with van der Waals surface area (Å²) in [5, 5.41) is 0. The largest absolute Gasteiger partial charge is 0.431 e. The molecule has 0 aliphatic heterocycles. The summed E-state index contributed by atoms with van der Waals surface area (Å²) < 4.78 is 85.5. The highest BCUT2D eigenvalue weighted by atomic mass is 32.2. The Morgan fingerprint density at radius 1 is 1.06 bits per heavy atom. The van der Waals surface area contributed by atoms with Gasteiger partial charge < -0.3 is 14.2 Å². The summed E-state index contributed by atoms with van der Waals surface area (Å²) in [6.07, 6.45) is -4.82. The average molecular weight is 513 g/mol. The lowest BCUT2D eigenvalue weighted by molar-refractivity contribution is -0.144. The molecule has 0 saturated carbocycles. The van der Waals surface area contributed by atoms with Gasteiger partial charge in [0.05, 0.1) is 12.3 Å². The highest BCUT2D eigenvalue weighted by molar-refractivity contribution is 7.90. The van der Waals surface area contributed by atoms with Crippen LogP contribution in [0.3, 0.4) is 0 Å². The zero-order chi connectivity index (χ0) is 26.0. The highest BCUT2D eigenvalue weighted by Gasteiger charge is 2.41. The van der Waals surface area contributed by atoms with Gasteiger partial charge in [0, 0.05) is 25.4 Å². The van der Waals surface area contributed by atoms with Crippen molar-refractivity contribution in [1.29, 1.82) is 0 Å². The van der Waals surface area contributed by atoms with Gasteiger partial charge in [-0.15, -0.1) is 0 Å². The molecule has 0 unspecified atom stereocenters. The third-order valence-corrected chi connectivity index (χ3v) is 6.26. The van der Waals surface area contributed by atoms with Crippen molar-refractivity contribution in [2.75, 3.05) is 25.6 Å². The molecule has 3 aromatic rings. The molecule has 1 heterocycles. The molecule has 0 aliphatic carbocycles. The van der Waals surface area contributed by atoms with Crippen LogP contribution in [0.1, 0.15) is 16.8 Å². The van der Waals surface area contributed by atoms with E-state index in [0.717, 1.165) is 27.9 Å². The van der Waals surface area contributed by atoms with Crippen molar-refractivity contribution in [1.82, 2.24) is 9.47 Å². The molecule has 1 amide bonds. The van der Waals surface area contributed by atoms with Crippen molar-refractivity contribution in [3.63, 3.8) is 0 Å². The van der Waals surface area contributed by atoms with E-state index in [1.807, 2.05) is 0 Å². The van der Waals surface area contributed by atoms with E-state index < -0.39 is 33.6 Å². The number of alkyl halides is 3. The molecule has 3 rings (SSSR count). The van der Waals surface area contributed by atoms with Crippen molar-refractivity contribution < 1.29 is 35.5 Å². The summed E-state index contributed by atoms with van der Waals surface area (Å²) in [6.45, 7) is 0.787. The van der Waals surface area contributed by atoms with Gasteiger partial charge in [-0.05, 0) is 35.7 Å². The fourth-order valence-electron chi connectivity index (χ4n) is 3.62. The molecule has 6 nitrogen and oxygen atoms in total. The first-order valence-electron chi connectivity index (χ1n) is 10.5. The minimum absolute atomic E-state index is 0.0156. The van der Waals surface area contributed by atoms with E-state index in [2.05, 4.69) is 0 Å². The number of carbonyl (C=O) groups excluding carboxylic acids is 1. The van der Waals surface area contributed by atoms with Crippen LogP contribution in [0.15, 0.2) is 54.6 Å². The molecule has 0 atom stereocenters. The smallest absolute Gasteiger partial charge is 0.392 e. The van der Waals surface area contributed by atoms with Crippen LogP contribution in [-0.2, 0) is 22.6 Å². The summed E-state index contributed by atoms with van der Waals surface area (Å²) in [5.41, 5.74) is -0.466. The first kappa shape index (κ1) is 26.3. The number of rotatable bonds is 7. The molecule has 0 saturated heterocycles. The number of benzene rings is 2. The van der Waals surface area contributed by atoms with E-state index in [9.17, 15) is 30.8 Å². The van der Waals surface area contributed by atoms with Crippen molar-refractivity contribution in [2.45, 2.75) is 19.6 Å². The summed E-state index contributed by atoms with van der Waals surface area (Å²) in [4.78, 5) is 13.8. The maximum Gasteiger partial charge on any atom is 0.431 e. The molecule has 0 spiro atoms. The van der Waals surface area contributed by atoms with Gasteiger partial charge in [-0.1, -0.05) is 42.5 Å². The number of hydrogen-bond donors (Lipinski definition) is 0. The molecule has 0 N–H and O–H groups in total. The second-order valence-corrected chi connectivity index (χ2v) is 10.4. The van der Waals surface area contributed by atoms with E-state index in [1.54, 1.807) is 30.3 Å². The first-order valence-corrected chi connectivity index (χ1v) is 12.5. The van der Waals surface area contributed by atoms with E-state index in [-0.39, 0.29) is 41.4 Å². The lowest BCUT2D eigenvalue weighted by Gasteiger charge is -2.19. The third kappa shape index (κ3) is 6.41. The lowest BCUT2D eigenvalue weighted by atomic mass is 10.0. The molecular weight excluding hydrogens is 488 g/mol. The number of amides is 1. The Labute approximate surface area is 200 Å². The van der Waals surface area contributed by atoms with E-state index >= 15 is 0 Å². The van der Waals surface area contributed by atoms with Gasteiger partial charge in [0.25, 0.3) is 0 Å². The van der Waals surface area contributed by atoms with E-state index in [4.69, 9.17) is 4.74 Å². The van der Waals surface area contributed by atoms with Crippen LogP contribution in [0.4, 0.5) is 22.4 Å². The molecule has 11 heteroatoms. The molecule has 35 heavy (non-hydrogen) atoms. The van der Waals surface area contributed by atoms with Gasteiger partial charge in [0.2, 0.25) is 5.88 Å². The van der Waals surface area contributed by atoms with Crippen LogP contribution in [0, 0.1) is 12.7 Å². The molecule has 1 aromatic heterocycles. The fraction of sp³-hybridized carbons (Fsp3) is 0.292. The number of nitrogens with zero attached hydrogens (tertiary/aromatic N) is 2. The third-order valence-electron chi connectivity index (χ3n) is 5.34. The number of ether oxygens (including phenoxy) is 1. The van der Waals surface area contributed by atoms with Gasteiger partial charge in [0.1, 0.15) is 21.3 Å². The average Bonchev–Trinajstić information content (AvgIpc) is 3.03. The highest BCUT2D eigenvalue weighted by Crippen LogP contribution is 2.45. The predicted molar refractivity (Wildman–Crippen MR) is 123 cm³/mol. The summed E-state index contributed by atoms with van der Waals surface area (Å²) in [7, 11) is -2.11. The number of carbonyl (C=O) groups is 1. The normalized spacial score (nSPS) is 12.0. The molecule has 0 radical (unpaired) electrons. The maximum absolute atomic E-state index is 14.2. The van der Waals surface area contributed by atoms with Crippen molar-refractivity contribution in [3.05, 3.63) is 77.2 Å². The second kappa shape index (κ2) is 10.1.